The second-order valence-electron chi connectivity index (χ2n) is 6.08. The minimum absolute atomic E-state index is 0.0586. The van der Waals surface area contributed by atoms with Crippen LogP contribution in [0.2, 0.25) is 0 Å². The summed E-state index contributed by atoms with van der Waals surface area (Å²) in [5, 5.41) is 21.2. The maximum absolute atomic E-state index is 12.4. The Morgan fingerprint density at radius 3 is 2.88 bits per heavy atom. The molecule has 0 aliphatic rings. The van der Waals surface area contributed by atoms with Crippen molar-refractivity contribution in [3.63, 3.8) is 0 Å². The van der Waals surface area contributed by atoms with Crippen LogP contribution in [0.1, 0.15) is 28.7 Å². The van der Waals surface area contributed by atoms with Gasteiger partial charge in [0.25, 0.3) is 5.91 Å². The highest BCUT2D eigenvalue weighted by Crippen LogP contribution is 2.20. The van der Waals surface area contributed by atoms with Crippen LogP contribution in [0.15, 0.2) is 41.2 Å². The van der Waals surface area contributed by atoms with Gasteiger partial charge in [-0.05, 0) is 19.1 Å². The Hall–Kier alpha value is -3.00. The van der Waals surface area contributed by atoms with Crippen LogP contribution in [0, 0.1) is 6.92 Å². The molecule has 0 saturated heterocycles. The molecule has 0 radical (unpaired) electrons. The van der Waals surface area contributed by atoms with Crippen LogP contribution in [0.4, 0.5) is 0 Å². The lowest BCUT2D eigenvalue weighted by Gasteiger charge is -2.22. The maximum atomic E-state index is 12.4. The lowest BCUT2D eigenvalue weighted by Crippen LogP contribution is -2.38. The van der Waals surface area contributed by atoms with E-state index in [4.69, 9.17) is 4.52 Å². The molecule has 2 aromatic heterocycles. The van der Waals surface area contributed by atoms with Gasteiger partial charge in [-0.25, -0.2) is 0 Å². The van der Waals surface area contributed by atoms with E-state index in [1.165, 1.54) is 0 Å². The van der Waals surface area contributed by atoms with Gasteiger partial charge < -0.3 is 14.9 Å². The van der Waals surface area contributed by atoms with Gasteiger partial charge in [0.1, 0.15) is 5.60 Å². The fourth-order valence-corrected chi connectivity index (χ4v) is 2.37. The number of aliphatic hydroxyl groups is 1. The zero-order chi connectivity index (χ0) is 18.0. The molecule has 0 bridgehead atoms. The Kier molecular flexibility index (Phi) is 4.37. The summed E-state index contributed by atoms with van der Waals surface area (Å²) < 4.78 is 6.56. The Morgan fingerprint density at radius 2 is 2.24 bits per heavy atom. The Balaban J connectivity index is 1.71. The first kappa shape index (κ1) is 16.8. The van der Waals surface area contributed by atoms with Crippen LogP contribution in [-0.4, -0.2) is 37.5 Å². The number of amides is 1. The smallest absolute Gasteiger partial charge is 0.251 e. The molecule has 8 nitrogen and oxygen atoms in total. The van der Waals surface area contributed by atoms with Crippen LogP contribution >= 0.6 is 0 Å². The molecule has 0 aliphatic carbocycles. The van der Waals surface area contributed by atoms with Crippen molar-refractivity contribution in [2.24, 2.45) is 7.05 Å². The number of rotatable bonds is 5. The van der Waals surface area contributed by atoms with Gasteiger partial charge in [0.2, 0.25) is 11.7 Å². The number of aromatic nitrogens is 4. The Morgan fingerprint density at radius 1 is 1.44 bits per heavy atom. The van der Waals surface area contributed by atoms with Crippen molar-refractivity contribution in [1.29, 1.82) is 0 Å². The first-order valence-corrected chi connectivity index (χ1v) is 7.75. The van der Waals surface area contributed by atoms with Crippen molar-refractivity contribution in [2.75, 3.05) is 6.54 Å². The average molecular weight is 341 g/mol. The molecular formula is C17H19N5O3. The molecule has 25 heavy (non-hydrogen) atoms. The third kappa shape index (κ3) is 3.74. The van der Waals surface area contributed by atoms with Gasteiger partial charge >= 0.3 is 0 Å². The first-order valence-electron chi connectivity index (χ1n) is 7.75. The third-order valence-electron chi connectivity index (χ3n) is 3.83. The summed E-state index contributed by atoms with van der Waals surface area (Å²) in [6.45, 7) is 3.39. The molecule has 8 heteroatoms. The molecule has 0 aliphatic heterocycles. The number of hydrogen-bond donors (Lipinski definition) is 2. The lowest BCUT2D eigenvalue weighted by atomic mass is 9.99. The van der Waals surface area contributed by atoms with Crippen molar-refractivity contribution in [3.8, 4) is 11.4 Å². The van der Waals surface area contributed by atoms with E-state index in [9.17, 15) is 9.90 Å². The minimum atomic E-state index is -1.22. The van der Waals surface area contributed by atoms with Crippen LogP contribution in [0.3, 0.4) is 0 Å². The predicted octanol–water partition coefficient (Wildman–Crippen LogP) is 1.42. The topological polar surface area (TPSA) is 106 Å². The number of nitrogens with one attached hydrogen (secondary N) is 1. The normalized spacial score (nSPS) is 13.4. The molecular weight excluding hydrogens is 322 g/mol. The van der Waals surface area contributed by atoms with E-state index in [2.05, 4.69) is 20.6 Å². The Labute approximate surface area is 144 Å². The third-order valence-corrected chi connectivity index (χ3v) is 3.83. The molecule has 1 aromatic carbocycles. The molecule has 130 valence electrons. The SMILES string of the molecule is Cc1nc(-c2cccc(C(=O)NCC(C)(O)c3cnn(C)c3)c2)no1. The van der Waals surface area contributed by atoms with Gasteiger partial charge in [-0.2, -0.15) is 10.1 Å². The first-order chi connectivity index (χ1) is 11.8. The summed E-state index contributed by atoms with van der Waals surface area (Å²) in [6.07, 6.45) is 3.29. The van der Waals surface area contributed by atoms with Gasteiger partial charge in [-0.15, -0.1) is 0 Å². The molecule has 0 saturated carbocycles. The molecule has 1 atom stereocenters. The monoisotopic (exact) mass is 341 g/mol. The van der Waals surface area contributed by atoms with Crippen LogP contribution in [0.25, 0.3) is 11.4 Å². The van der Waals surface area contributed by atoms with E-state index in [1.54, 1.807) is 62.2 Å². The summed E-state index contributed by atoms with van der Waals surface area (Å²) in [5.74, 6) is 0.582. The number of carbonyl (C=O) groups excluding carboxylic acids is 1. The van der Waals surface area contributed by atoms with E-state index >= 15 is 0 Å². The predicted molar refractivity (Wildman–Crippen MR) is 89.6 cm³/mol. The summed E-state index contributed by atoms with van der Waals surface area (Å²) in [5.41, 5.74) is 0.545. The molecule has 3 aromatic rings. The summed E-state index contributed by atoms with van der Waals surface area (Å²) in [4.78, 5) is 16.6. The highest BCUT2D eigenvalue weighted by atomic mass is 16.5. The van der Waals surface area contributed by atoms with E-state index in [0.29, 0.717) is 28.4 Å². The quantitative estimate of drug-likeness (QED) is 0.727. The van der Waals surface area contributed by atoms with Gasteiger partial charge in [0.05, 0.1) is 12.7 Å². The summed E-state index contributed by atoms with van der Waals surface area (Å²) in [6, 6.07) is 6.91. The number of nitrogens with zero attached hydrogens (tertiary/aromatic N) is 4. The van der Waals surface area contributed by atoms with Crippen molar-refractivity contribution < 1.29 is 14.4 Å². The zero-order valence-electron chi connectivity index (χ0n) is 14.2. The van der Waals surface area contributed by atoms with Crippen molar-refractivity contribution in [3.05, 3.63) is 53.7 Å². The van der Waals surface area contributed by atoms with Crippen LogP contribution in [0.5, 0.6) is 0 Å². The standard InChI is InChI=1S/C17H19N5O3/c1-11-20-15(21-25-11)12-5-4-6-13(7-12)16(23)18-10-17(2,24)14-8-19-22(3)9-14/h4-9,24H,10H2,1-3H3,(H,18,23). The fraction of sp³-hybridized carbons (Fsp3) is 0.294. The fourth-order valence-electron chi connectivity index (χ4n) is 2.37. The van der Waals surface area contributed by atoms with Crippen molar-refractivity contribution >= 4 is 5.91 Å². The maximum Gasteiger partial charge on any atom is 0.251 e. The summed E-state index contributed by atoms with van der Waals surface area (Å²) in [7, 11) is 1.77. The average Bonchev–Trinajstić information content (AvgIpc) is 3.22. The largest absolute Gasteiger partial charge is 0.383 e. The molecule has 3 rings (SSSR count). The number of benzene rings is 1. The van der Waals surface area contributed by atoms with Crippen molar-refractivity contribution in [1.82, 2.24) is 25.2 Å². The Bertz CT molecular complexity index is 897. The minimum Gasteiger partial charge on any atom is -0.383 e. The number of aryl methyl sites for hydroxylation is 2. The molecule has 2 N–H and O–H groups in total. The van der Waals surface area contributed by atoms with E-state index in [0.717, 1.165) is 0 Å². The van der Waals surface area contributed by atoms with E-state index < -0.39 is 5.60 Å². The van der Waals surface area contributed by atoms with Gasteiger partial charge in [-0.3, -0.25) is 9.48 Å². The molecule has 2 heterocycles. The van der Waals surface area contributed by atoms with Gasteiger partial charge in [0, 0.05) is 36.9 Å². The molecule has 0 spiro atoms. The highest BCUT2D eigenvalue weighted by Gasteiger charge is 2.25. The van der Waals surface area contributed by atoms with Gasteiger partial charge in [-0.1, -0.05) is 17.3 Å². The highest BCUT2D eigenvalue weighted by molar-refractivity contribution is 5.95. The van der Waals surface area contributed by atoms with E-state index in [-0.39, 0.29) is 12.5 Å². The van der Waals surface area contributed by atoms with Crippen LogP contribution in [-0.2, 0) is 12.6 Å². The number of hydrogen-bond acceptors (Lipinski definition) is 6. The zero-order valence-corrected chi connectivity index (χ0v) is 14.2. The van der Waals surface area contributed by atoms with Crippen LogP contribution < -0.4 is 5.32 Å². The second-order valence-corrected chi connectivity index (χ2v) is 6.08. The molecule has 1 unspecified atom stereocenters. The van der Waals surface area contributed by atoms with Gasteiger partial charge in [0.15, 0.2) is 0 Å². The van der Waals surface area contributed by atoms with E-state index in [1.807, 2.05) is 0 Å². The number of carbonyl (C=O) groups is 1. The molecule has 1 amide bonds. The lowest BCUT2D eigenvalue weighted by molar-refractivity contribution is 0.0526. The van der Waals surface area contributed by atoms with Crippen molar-refractivity contribution in [2.45, 2.75) is 19.4 Å². The summed E-state index contributed by atoms with van der Waals surface area (Å²) >= 11 is 0. The second kappa shape index (κ2) is 6.48. The molecule has 0 fully saturated rings.